The molecular weight excluding hydrogens is 473 g/mol. The van der Waals surface area contributed by atoms with Crippen molar-refractivity contribution in [2.45, 2.75) is 155 Å². The van der Waals surface area contributed by atoms with Crippen LogP contribution in [0.2, 0.25) is 30.2 Å². The van der Waals surface area contributed by atoms with Crippen LogP contribution in [0.5, 0.6) is 0 Å². The molecule has 0 saturated carbocycles. The summed E-state index contributed by atoms with van der Waals surface area (Å²) in [5.74, 6) is 0. The molecular formula is C24H54S4Si2. The van der Waals surface area contributed by atoms with Crippen molar-refractivity contribution >= 4 is 54.6 Å². The van der Waals surface area contributed by atoms with E-state index < -0.39 is 14.4 Å². The maximum atomic E-state index is 2.50. The molecule has 0 fully saturated rings. The van der Waals surface area contributed by atoms with Crippen molar-refractivity contribution in [2.75, 3.05) is 0 Å². The van der Waals surface area contributed by atoms with Gasteiger partial charge in [0, 0.05) is 0 Å². The van der Waals surface area contributed by atoms with Gasteiger partial charge in [-0.25, -0.2) is 0 Å². The quantitative estimate of drug-likeness (QED) is 0.198. The van der Waals surface area contributed by atoms with Gasteiger partial charge in [0.25, 0.3) is 0 Å². The molecule has 0 aliphatic rings. The SMILES string of the molecule is CC(C)(C)[Si](SSSS[Si](C(C)(C)C)(C(C)(C)C)C(C)(C)C)(C(C)(C)C)C(C)(C)C. The molecule has 30 heavy (non-hydrogen) atoms. The molecule has 0 spiro atoms. The Morgan fingerprint density at radius 1 is 0.300 bits per heavy atom. The van der Waals surface area contributed by atoms with Crippen molar-refractivity contribution in [3.05, 3.63) is 0 Å². The highest BCUT2D eigenvalue weighted by molar-refractivity contribution is 9.31. The fourth-order valence-electron chi connectivity index (χ4n) is 7.63. The second-order valence-corrected chi connectivity index (χ2v) is 38.4. The summed E-state index contributed by atoms with van der Waals surface area (Å²) in [5, 5.41) is 1.99. The van der Waals surface area contributed by atoms with Crippen molar-refractivity contribution in [2.24, 2.45) is 0 Å². The van der Waals surface area contributed by atoms with Crippen LogP contribution in [0.25, 0.3) is 0 Å². The molecule has 6 heteroatoms. The summed E-state index contributed by atoms with van der Waals surface area (Å²) >= 11 is 0. The van der Waals surface area contributed by atoms with Crippen LogP contribution in [0.1, 0.15) is 125 Å². The second kappa shape index (κ2) is 9.47. The lowest BCUT2D eigenvalue weighted by Gasteiger charge is -2.59. The smallest absolute Gasteiger partial charge is 0.107 e. The summed E-state index contributed by atoms with van der Waals surface area (Å²) in [6.07, 6.45) is 0. The monoisotopic (exact) mass is 526 g/mol. The van der Waals surface area contributed by atoms with Gasteiger partial charge >= 0.3 is 0 Å². The lowest BCUT2D eigenvalue weighted by molar-refractivity contribution is 0.559. The Hall–Kier alpha value is 1.83. The molecule has 0 radical (unpaired) electrons. The van der Waals surface area contributed by atoms with Crippen LogP contribution in [0.4, 0.5) is 0 Å². The highest BCUT2D eigenvalue weighted by Gasteiger charge is 2.63. The predicted octanol–water partition coefficient (Wildman–Crippen LogP) is 12.4. The van der Waals surface area contributed by atoms with Crippen LogP contribution in [-0.4, -0.2) is 14.4 Å². The molecule has 0 aromatic heterocycles. The summed E-state index contributed by atoms with van der Waals surface area (Å²) in [7, 11) is 5.24. The van der Waals surface area contributed by atoms with Crippen LogP contribution in [0.3, 0.4) is 0 Å². The van der Waals surface area contributed by atoms with Gasteiger partial charge < -0.3 is 0 Å². The number of hydrogen-bond donors (Lipinski definition) is 0. The van der Waals surface area contributed by atoms with Crippen LogP contribution in [0, 0.1) is 0 Å². The van der Waals surface area contributed by atoms with E-state index in [1.807, 2.05) is 0 Å². The first-order valence-electron chi connectivity index (χ1n) is 11.4. The van der Waals surface area contributed by atoms with E-state index in [1.165, 1.54) is 0 Å². The molecule has 0 N–H and O–H groups in total. The molecule has 0 aliphatic carbocycles. The Labute approximate surface area is 208 Å². The van der Waals surface area contributed by atoms with E-state index in [9.17, 15) is 0 Å². The number of rotatable bonds is 5. The molecule has 0 heterocycles. The summed E-state index contributed by atoms with van der Waals surface area (Å²) in [6.45, 7) is 45.0. The Kier molecular flexibility index (Phi) is 10.0. The minimum Gasteiger partial charge on any atom is -0.107 e. The normalized spacial score (nSPS) is 16.2. The Morgan fingerprint density at radius 3 is 0.533 bits per heavy atom. The molecule has 0 rings (SSSR count). The maximum Gasteiger partial charge on any atom is 0.148 e. The number of hydrogen-bond acceptors (Lipinski definition) is 4. The van der Waals surface area contributed by atoms with Crippen molar-refractivity contribution in [3.8, 4) is 0 Å². The zero-order valence-electron chi connectivity index (χ0n) is 23.6. The fraction of sp³-hybridized carbons (Fsp3) is 1.00. The molecule has 0 aliphatic heterocycles. The summed E-state index contributed by atoms with van der Waals surface area (Å²) in [6, 6.07) is 0. The van der Waals surface area contributed by atoms with Crippen molar-refractivity contribution in [3.63, 3.8) is 0 Å². The first-order chi connectivity index (χ1) is 12.7. The topological polar surface area (TPSA) is 0 Å². The van der Waals surface area contributed by atoms with E-state index in [1.54, 1.807) is 0 Å². The third-order valence-electron chi connectivity index (χ3n) is 6.68. The minimum atomic E-state index is -1.77. The molecule has 0 bridgehead atoms. The summed E-state index contributed by atoms with van der Waals surface area (Å²) < 4.78 is 0. The Bertz CT molecular complexity index is 435. The first-order valence-corrected chi connectivity index (χ1v) is 21.7. The van der Waals surface area contributed by atoms with E-state index >= 15 is 0 Å². The van der Waals surface area contributed by atoms with Gasteiger partial charge in [0.15, 0.2) is 0 Å². The molecule has 0 aromatic carbocycles. The zero-order chi connectivity index (χ0) is 24.8. The molecule has 0 aromatic rings. The van der Waals surface area contributed by atoms with Gasteiger partial charge in [-0.05, 0) is 49.9 Å². The van der Waals surface area contributed by atoms with Gasteiger partial charge in [-0.15, -0.1) is 20.5 Å². The minimum absolute atomic E-state index is 0.332. The van der Waals surface area contributed by atoms with E-state index in [0.29, 0.717) is 30.2 Å². The molecule has 0 saturated heterocycles. The third kappa shape index (κ3) is 5.90. The Balaban J connectivity index is 6.07. The largest absolute Gasteiger partial charge is 0.148 e. The molecule has 0 unspecified atom stereocenters. The zero-order valence-corrected chi connectivity index (χ0v) is 28.9. The average molecular weight is 527 g/mol. The van der Waals surface area contributed by atoms with Crippen LogP contribution in [-0.2, 0) is 0 Å². The third-order valence-corrected chi connectivity index (χ3v) is 44.5. The highest BCUT2D eigenvalue weighted by atomic mass is 33.7. The van der Waals surface area contributed by atoms with E-state index in [0.717, 1.165) is 0 Å². The predicted molar refractivity (Wildman–Crippen MR) is 160 cm³/mol. The van der Waals surface area contributed by atoms with Gasteiger partial charge in [0.05, 0.1) is 0 Å². The van der Waals surface area contributed by atoms with Gasteiger partial charge in [0.2, 0.25) is 0 Å². The lowest BCUT2D eigenvalue weighted by Crippen LogP contribution is -2.55. The first kappa shape index (κ1) is 31.8. The molecule has 0 atom stereocenters. The van der Waals surface area contributed by atoms with Crippen molar-refractivity contribution in [1.82, 2.24) is 0 Å². The molecule has 182 valence electrons. The van der Waals surface area contributed by atoms with Crippen molar-refractivity contribution < 1.29 is 0 Å². The highest BCUT2D eigenvalue weighted by Crippen LogP contribution is 2.74. The fourth-order valence-corrected chi connectivity index (χ4v) is 55.5. The van der Waals surface area contributed by atoms with Crippen molar-refractivity contribution in [1.29, 1.82) is 0 Å². The standard InChI is InChI=1S/C24H54S4Si2/c1-19(2,3)29(20(4,5)6,21(7,8)9)27-25-26-28-30(22(10,11)12,23(13,14)15)24(16,17)18/h1-18H3. The van der Waals surface area contributed by atoms with Crippen LogP contribution in [0.15, 0.2) is 0 Å². The van der Waals surface area contributed by atoms with Gasteiger partial charge in [-0.1, -0.05) is 125 Å². The van der Waals surface area contributed by atoms with Gasteiger partial charge in [-0.2, -0.15) is 0 Å². The average Bonchev–Trinajstić information content (AvgIpc) is 2.32. The van der Waals surface area contributed by atoms with Crippen LogP contribution < -0.4 is 0 Å². The summed E-state index contributed by atoms with van der Waals surface area (Å²) in [4.78, 5) is 0. The van der Waals surface area contributed by atoms with Crippen LogP contribution >= 0.6 is 40.1 Å². The maximum absolute atomic E-state index is 2.50. The lowest BCUT2D eigenvalue weighted by atomic mass is 10.2. The molecule has 0 nitrogen and oxygen atoms in total. The van der Waals surface area contributed by atoms with E-state index in [-0.39, 0.29) is 0 Å². The van der Waals surface area contributed by atoms with E-state index in [2.05, 4.69) is 165 Å². The van der Waals surface area contributed by atoms with E-state index in [4.69, 9.17) is 0 Å². The Morgan fingerprint density at radius 2 is 0.433 bits per heavy atom. The van der Waals surface area contributed by atoms with Gasteiger partial charge in [0.1, 0.15) is 14.4 Å². The molecule has 0 amide bonds. The second-order valence-electron chi connectivity index (χ2n) is 15.2. The van der Waals surface area contributed by atoms with Gasteiger partial charge in [-0.3, -0.25) is 0 Å². The summed E-state index contributed by atoms with van der Waals surface area (Å²) in [5.41, 5.74) is 0.